The summed E-state index contributed by atoms with van der Waals surface area (Å²) >= 11 is 1.72. The van der Waals surface area contributed by atoms with Crippen LogP contribution < -0.4 is 15.8 Å². The fourth-order valence-corrected chi connectivity index (χ4v) is 1.96. The number of anilines is 1. The van der Waals surface area contributed by atoms with Crippen molar-refractivity contribution in [2.75, 3.05) is 30.9 Å². The van der Waals surface area contributed by atoms with Gasteiger partial charge in [-0.3, -0.25) is 4.79 Å². The highest BCUT2D eigenvalue weighted by atomic mass is 32.2. The number of carbonyl (C=O) groups is 1. The SMILES string of the molecule is C=CCSCCNC(=O)c1ccc(OC)c(N)c1. The van der Waals surface area contributed by atoms with Gasteiger partial charge in [0.25, 0.3) is 5.91 Å². The number of carbonyl (C=O) groups excluding carboxylic acids is 1. The Kier molecular flexibility index (Phi) is 6.14. The van der Waals surface area contributed by atoms with Crippen LogP contribution in [0.5, 0.6) is 5.75 Å². The Bertz CT molecular complexity index is 421. The molecule has 0 radical (unpaired) electrons. The van der Waals surface area contributed by atoms with Gasteiger partial charge in [0.05, 0.1) is 12.8 Å². The van der Waals surface area contributed by atoms with Crippen LogP contribution in [0, 0.1) is 0 Å². The van der Waals surface area contributed by atoms with E-state index < -0.39 is 0 Å². The average Bonchev–Trinajstić information content (AvgIpc) is 2.38. The topological polar surface area (TPSA) is 64.3 Å². The number of thioether (sulfide) groups is 1. The van der Waals surface area contributed by atoms with Gasteiger partial charge in [-0.1, -0.05) is 6.08 Å². The first kappa shape index (κ1) is 14.4. The molecule has 0 unspecified atom stereocenters. The van der Waals surface area contributed by atoms with Crippen LogP contribution >= 0.6 is 11.8 Å². The molecule has 0 aliphatic rings. The zero-order valence-electron chi connectivity index (χ0n) is 10.4. The summed E-state index contributed by atoms with van der Waals surface area (Å²) in [5, 5.41) is 2.83. The molecule has 1 amide bonds. The average molecular weight is 266 g/mol. The number of nitrogen functional groups attached to an aromatic ring is 1. The molecule has 1 rings (SSSR count). The fourth-order valence-electron chi connectivity index (χ4n) is 1.38. The molecular formula is C13H18N2O2S. The van der Waals surface area contributed by atoms with E-state index in [1.165, 1.54) is 0 Å². The van der Waals surface area contributed by atoms with E-state index in [0.717, 1.165) is 11.5 Å². The Morgan fingerprint density at radius 3 is 3.00 bits per heavy atom. The summed E-state index contributed by atoms with van der Waals surface area (Å²) in [6.45, 7) is 4.26. The minimum atomic E-state index is -0.122. The lowest BCUT2D eigenvalue weighted by molar-refractivity contribution is 0.0956. The Balaban J connectivity index is 2.46. The molecule has 1 aromatic carbocycles. The van der Waals surface area contributed by atoms with Crippen molar-refractivity contribution < 1.29 is 9.53 Å². The highest BCUT2D eigenvalue weighted by Gasteiger charge is 2.07. The van der Waals surface area contributed by atoms with Gasteiger partial charge in [-0.2, -0.15) is 11.8 Å². The first-order valence-electron chi connectivity index (χ1n) is 5.59. The summed E-state index contributed by atoms with van der Waals surface area (Å²) in [5.74, 6) is 2.21. The summed E-state index contributed by atoms with van der Waals surface area (Å²) in [5.41, 5.74) is 6.75. The molecule has 3 N–H and O–H groups in total. The van der Waals surface area contributed by atoms with Gasteiger partial charge < -0.3 is 15.8 Å². The molecule has 0 heterocycles. The predicted octanol–water partition coefficient (Wildman–Crippen LogP) is 1.93. The second-order valence-electron chi connectivity index (χ2n) is 3.58. The van der Waals surface area contributed by atoms with Gasteiger partial charge in [0.1, 0.15) is 5.75 Å². The van der Waals surface area contributed by atoms with Crippen LogP contribution in [0.4, 0.5) is 5.69 Å². The second kappa shape index (κ2) is 7.66. The predicted molar refractivity (Wildman–Crippen MR) is 77.3 cm³/mol. The van der Waals surface area contributed by atoms with Gasteiger partial charge in [0, 0.05) is 23.6 Å². The maximum absolute atomic E-state index is 11.8. The Morgan fingerprint density at radius 1 is 1.61 bits per heavy atom. The molecule has 0 saturated carbocycles. The lowest BCUT2D eigenvalue weighted by atomic mass is 10.2. The van der Waals surface area contributed by atoms with Gasteiger partial charge in [-0.05, 0) is 18.2 Å². The number of ether oxygens (including phenoxy) is 1. The number of hydrogen-bond acceptors (Lipinski definition) is 4. The van der Waals surface area contributed by atoms with E-state index in [9.17, 15) is 4.79 Å². The smallest absolute Gasteiger partial charge is 0.251 e. The number of nitrogens with one attached hydrogen (secondary N) is 1. The highest BCUT2D eigenvalue weighted by molar-refractivity contribution is 7.99. The molecule has 0 spiro atoms. The number of hydrogen-bond donors (Lipinski definition) is 2. The molecule has 0 atom stereocenters. The maximum Gasteiger partial charge on any atom is 0.251 e. The summed E-state index contributed by atoms with van der Waals surface area (Å²) in [4.78, 5) is 11.8. The van der Waals surface area contributed by atoms with Crippen LogP contribution in [0.25, 0.3) is 0 Å². The van der Waals surface area contributed by atoms with Gasteiger partial charge in [0.2, 0.25) is 0 Å². The van der Waals surface area contributed by atoms with Crippen LogP contribution in [0.1, 0.15) is 10.4 Å². The van der Waals surface area contributed by atoms with Crippen molar-refractivity contribution in [3.05, 3.63) is 36.4 Å². The normalized spacial score (nSPS) is 9.83. The number of rotatable bonds is 7. The van der Waals surface area contributed by atoms with E-state index in [1.807, 2.05) is 6.08 Å². The van der Waals surface area contributed by atoms with Crippen molar-refractivity contribution in [2.24, 2.45) is 0 Å². The van der Waals surface area contributed by atoms with E-state index in [0.29, 0.717) is 23.5 Å². The van der Waals surface area contributed by atoms with Crippen LogP contribution in [-0.4, -0.2) is 31.1 Å². The fraction of sp³-hybridized carbons (Fsp3) is 0.308. The molecule has 0 aliphatic carbocycles. The molecule has 0 bridgehead atoms. The monoisotopic (exact) mass is 266 g/mol. The van der Waals surface area contributed by atoms with Crippen molar-refractivity contribution in [1.29, 1.82) is 0 Å². The molecular weight excluding hydrogens is 248 g/mol. The van der Waals surface area contributed by atoms with Gasteiger partial charge in [0.15, 0.2) is 0 Å². The van der Waals surface area contributed by atoms with E-state index in [2.05, 4.69) is 11.9 Å². The Morgan fingerprint density at radius 2 is 2.39 bits per heavy atom. The van der Waals surface area contributed by atoms with Crippen molar-refractivity contribution in [2.45, 2.75) is 0 Å². The van der Waals surface area contributed by atoms with Gasteiger partial charge >= 0.3 is 0 Å². The molecule has 0 saturated heterocycles. The molecule has 98 valence electrons. The van der Waals surface area contributed by atoms with E-state index in [1.54, 1.807) is 37.1 Å². The molecule has 1 aromatic rings. The van der Waals surface area contributed by atoms with Crippen molar-refractivity contribution in [3.63, 3.8) is 0 Å². The molecule has 0 aromatic heterocycles. The standard InChI is InChI=1S/C13H18N2O2S/c1-3-7-18-8-6-15-13(16)10-4-5-12(17-2)11(14)9-10/h3-5,9H,1,6-8,14H2,2H3,(H,15,16). The number of nitrogens with two attached hydrogens (primary N) is 1. The van der Waals surface area contributed by atoms with Crippen molar-refractivity contribution >= 4 is 23.4 Å². The van der Waals surface area contributed by atoms with E-state index in [-0.39, 0.29) is 5.91 Å². The molecule has 5 heteroatoms. The molecule has 0 fully saturated rings. The highest BCUT2D eigenvalue weighted by Crippen LogP contribution is 2.21. The van der Waals surface area contributed by atoms with Crippen LogP contribution in [0.2, 0.25) is 0 Å². The van der Waals surface area contributed by atoms with Crippen molar-refractivity contribution in [3.8, 4) is 5.75 Å². The lowest BCUT2D eigenvalue weighted by Crippen LogP contribution is -2.25. The molecule has 4 nitrogen and oxygen atoms in total. The van der Waals surface area contributed by atoms with Crippen molar-refractivity contribution in [1.82, 2.24) is 5.32 Å². The summed E-state index contributed by atoms with van der Waals surface area (Å²) in [7, 11) is 1.54. The summed E-state index contributed by atoms with van der Waals surface area (Å²) in [6, 6.07) is 5.00. The summed E-state index contributed by atoms with van der Waals surface area (Å²) < 4.78 is 5.04. The minimum absolute atomic E-state index is 0.122. The largest absolute Gasteiger partial charge is 0.495 e. The number of benzene rings is 1. The molecule has 18 heavy (non-hydrogen) atoms. The lowest BCUT2D eigenvalue weighted by Gasteiger charge is -2.08. The Hall–Kier alpha value is -1.62. The van der Waals surface area contributed by atoms with Crippen LogP contribution in [0.3, 0.4) is 0 Å². The van der Waals surface area contributed by atoms with Crippen LogP contribution in [0.15, 0.2) is 30.9 Å². The minimum Gasteiger partial charge on any atom is -0.495 e. The number of methoxy groups -OCH3 is 1. The van der Waals surface area contributed by atoms with Gasteiger partial charge in [-0.25, -0.2) is 0 Å². The first-order chi connectivity index (χ1) is 8.69. The third kappa shape index (κ3) is 4.33. The first-order valence-corrected chi connectivity index (χ1v) is 6.75. The third-order valence-corrected chi connectivity index (χ3v) is 3.22. The maximum atomic E-state index is 11.8. The van der Waals surface area contributed by atoms with E-state index in [4.69, 9.17) is 10.5 Å². The Labute approximate surface area is 112 Å². The zero-order valence-corrected chi connectivity index (χ0v) is 11.3. The quantitative estimate of drug-likeness (QED) is 0.449. The molecule has 0 aliphatic heterocycles. The third-order valence-electron chi connectivity index (χ3n) is 2.26. The zero-order chi connectivity index (χ0) is 13.4. The van der Waals surface area contributed by atoms with E-state index >= 15 is 0 Å². The van der Waals surface area contributed by atoms with Gasteiger partial charge in [-0.15, -0.1) is 6.58 Å². The number of amides is 1. The van der Waals surface area contributed by atoms with Crippen LogP contribution in [-0.2, 0) is 0 Å². The summed E-state index contributed by atoms with van der Waals surface area (Å²) in [6.07, 6.45) is 1.84. The second-order valence-corrected chi connectivity index (χ2v) is 4.73.